The number of benzene rings is 2. The van der Waals surface area contributed by atoms with Gasteiger partial charge < -0.3 is 5.32 Å². The van der Waals surface area contributed by atoms with Crippen molar-refractivity contribution in [3.8, 4) is 0 Å². The Balaban J connectivity index is 1.89. The van der Waals surface area contributed by atoms with Gasteiger partial charge in [-0.3, -0.25) is 14.9 Å². The van der Waals surface area contributed by atoms with E-state index in [1.165, 1.54) is 12.1 Å². The van der Waals surface area contributed by atoms with Crippen LogP contribution in [0.15, 0.2) is 54.6 Å². The molecule has 0 aromatic heterocycles. The number of ketones is 1. The second-order valence-electron chi connectivity index (χ2n) is 4.27. The second-order valence-corrected chi connectivity index (χ2v) is 4.27. The Kier molecular flexibility index (Phi) is 4.44. The van der Waals surface area contributed by atoms with E-state index in [4.69, 9.17) is 0 Å². The van der Waals surface area contributed by atoms with Gasteiger partial charge in [0, 0.05) is 36.3 Å². The molecule has 102 valence electrons. The fraction of sp³-hybridized carbons (Fsp3) is 0.133. The van der Waals surface area contributed by atoms with E-state index in [-0.39, 0.29) is 11.5 Å². The Morgan fingerprint density at radius 3 is 2.55 bits per heavy atom. The highest BCUT2D eigenvalue weighted by Crippen LogP contribution is 2.17. The minimum Gasteiger partial charge on any atom is -0.384 e. The number of rotatable bonds is 6. The summed E-state index contributed by atoms with van der Waals surface area (Å²) in [4.78, 5) is 22.1. The molecule has 0 aliphatic carbocycles. The average molecular weight is 270 g/mol. The minimum atomic E-state index is -0.444. The van der Waals surface area contributed by atoms with Crippen LogP contribution in [0, 0.1) is 10.1 Å². The van der Waals surface area contributed by atoms with Gasteiger partial charge >= 0.3 is 0 Å². The second kappa shape index (κ2) is 6.47. The van der Waals surface area contributed by atoms with Crippen LogP contribution in [0.25, 0.3) is 0 Å². The summed E-state index contributed by atoms with van der Waals surface area (Å²) in [5.41, 5.74) is 1.35. The molecule has 0 aliphatic heterocycles. The Bertz CT molecular complexity index is 612. The maximum atomic E-state index is 11.9. The number of nitrogens with zero attached hydrogens (tertiary/aromatic N) is 1. The third-order valence-corrected chi connectivity index (χ3v) is 2.83. The lowest BCUT2D eigenvalue weighted by atomic mass is 10.1. The van der Waals surface area contributed by atoms with Crippen LogP contribution in [0.2, 0.25) is 0 Å². The summed E-state index contributed by atoms with van der Waals surface area (Å²) in [5, 5.41) is 13.7. The molecule has 20 heavy (non-hydrogen) atoms. The van der Waals surface area contributed by atoms with Crippen molar-refractivity contribution in [1.29, 1.82) is 0 Å². The molecule has 0 heterocycles. The van der Waals surface area contributed by atoms with E-state index < -0.39 is 4.92 Å². The molecule has 1 N–H and O–H groups in total. The normalized spacial score (nSPS) is 10.0. The first-order valence-electron chi connectivity index (χ1n) is 6.23. The predicted molar refractivity (Wildman–Crippen MR) is 77.0 cm³/mol. The molecule has 0 spiro atoms. The number of Topliss-reactive ketones (excluding diaryl/α,β-unsaturated/α-hetero) is 1. The third kappa shape index (κ3) is 3.65. The van der Waals surface area contributed by atoms with Gasteiger partial charge in [-0.05, 0) is 6.07 Å². The Morgan fingerprint density at radius 1 is 1.10 bits per heavy atom. The zero-order chi connectivity index (χ0) is 14.4. The van der Waals surface area contributed by atoms with E-state index in [1.54, 1.807) is 24.3 Å². The molecule has 0 amide bonds. The summed E-state index contributed by atoms with van der Waals surface area (Å²) in [7, 11) is 0. The summed E-state index contributed by atoms with van der Waals surface area (Å²) in [6, 6.07) is 15.3. The van der Waals surface area contributed by atoms with Gasteiger partial charge in [-0.2, -0.15) is 0 Å². The molecule has 0 radical (unpaired) electrons. The van der Waals surface area contributed by atoms with E-state index in [9.17, 15) is 14.9 Å². The van der Waals surface area contributed by atoms with Crippen LogP contribution in [0.1, 0.15) is 16.8 Å². The monoisotopic (exact) mass is 270 g/mol. The third-order valence-electron chi connectivity index (χ3n) is 2.83. The molecule has 5 heteroatoms. The molecule has 2 aromatic carbocycles. The first-order valence-corrected chi connectivity index (χ1v) is 6.23. The SMILES string of the molecule is O=C(CCNc1cccc([N+](=O)[O-])c1)c1ccccc1. The summed E-state index contributed by atoms with van der Waals surface area (Å²) >= 11 is 0. The molecule has 0 fully saturated rings. The van der Waals surface area contributed by atoms with Crippen molar-refractivity contribution in [2.45, 2.75) is 6.42 Å². The summed E-state index contributed by atoms with van der Waals surface area (Å²) in [6.07, 6.45) is 0.340. The molecule has 0 atom stereocenters. The Hall–Kier alpha value is -2.69. The van der Waals surface area contributed by atoms with E-state index in [0.717, 1.165) is 0 Å². The minimum absolute atomic E-state index is 0.0318. The highest BCUT2D eigenvalue weighted by Gasteiger charge is 2.07. The molecule has 0 saturated heterocycles. The van der Waals surface area contributed by atoms with E-state index in [1.807, 2.05) is 18.2 Å². The van der Waals surface area contributed by atoms with Crippen molar-refractivity contribution in [2.75, 3.05) is 11.9 Å². The first kappa shape index (κ1) is 13.7. The van der Waals surface area contributed by atoms with Gasteiger partial charge in [-0.25, -0.2) is 0 Å². The summed E-state index contributed by atoms with van der Waals surface area (Å²) in [5.74, 6) is 0.0449. The lowest BCUT2D eigenvalue weighted by Crippen LogP contribution is -2.08. The van der Waals surface area contributed by atoms with Gasteiger partial charge in [-0.15, -0.1) is 0 Å². The smallest absolute Gasteiger partial charge is 0.271 e. The molecule has 5 nitrogen and oxygen atoms in total. The number of hydrogen-bond acceptors (Lipinski definition) is 4. The number of nitrogens with one attached hydrogen (secondary N) is 1. The Labute approximate surface area is 116 Å². The van der Waals surface area contributed by atoms with Gasteiger partial charge in [0.1, 0.15) is 0 Å². The van der Waals surface area contributed by atoms with E-state index in [2.05, 4.69) is 5.32 Å². The summed E-state index contributed by atoms with van der Waals surface area (Å²) < 4.78 is 0. The molecule has 0 aliphatic rings. The van der Waals surface area contributed by atoms with Crippen LogP contribution < -0.4 is 5.32 Å². The van der Waals surface area contributed by atoms with Crippen molar-refractivity contribution in [3.05, 3.63) is 70.3 Å². The maximum absolute atomic E-state index is 11.9. The highest BCUT2D eigenvalue weighted by atomic mass is 16.6. The highest BCUT2D eigenvalue weighted by molar-refractivity contribution is 5.96. The fourth-order valence-corrected chi connectivity index (χ4v) is 1.82. The van der Waals surface area contributed by atoms with Crippen LogP contribution in [-0.4, -0.2) is 17.3 Å². The van der Waals surface area contributed by atoms with Crippen molar-refractivity contribution in [2.24, 2.45) is 0 Å². The predicted octanol–water partition coefficient (Wildman–Crippen LogP) is 3.28. The van der Waals surface area contributed by atoms with Crippen molar-refractivity contribution >= 4 is 17.2 Å². The molecule has 2 rings (SSSR count). The quantitative estimate of drug-likeness (QED) is 0.496. The lowest BCUT2D eigenvalue weighted by molar-refractivity contribution is -0.384. The number of carbonyl (C=O) groups is 1. The lowest BCUT2D eigenvalue weighted by Gasteiger charge is -2.05. The average Bonchev–Trinajstić information content (AvgIpc) is 2.48. The van der Waals surface area contributed by atoms with Gasteiger partial charge in [0.25, 0.3) is 5.69 Å². The van der Waals surface area contributed by atoms with Crippen LogP contribution in [0.3, 0.4) is 0 Å². The maximum Gasteiger partial charge on any atom is 0.271 e. The van der Waals surface area contributed by atoms with Crippen molar-refractivity contribution < 1.29 is 9.72 Å². The van der Waals surface area contributed by atoms with Crippen molar-refractivity contribution in [1.82, 2.24) is 0 Å². The zero-order valence-electron chi connectivity index (χ0n) is 10.8. The van der Waals surface area contributed by atoms with Crippen LogP contribution in [0.5, 0.6) is 0 Å². The molecule has 0 bridgehead atoms. The fourth-order valence-electron chi connectivity index (χ4n) is 1.82. The molecule has 0 saturated carbocycles. The van der Waals surface area contributed by atoms with Gasteiger partial charge in [0.15, 0.2) is 5.78 Å². The number of hydrogen-bond donors (Lipinski definition) is 1. The molecular formula is C15H14N2O3. The number of nitro benzene ring substituents is 1. The Morgan fingerprint density at radius 2 is 1.85 bits per heavy atom. The summed E-state index contributed by atoms with van der Waals surface area (Å²) in [6.45, 7) is 0.439. The van der Waals surface area contributed by atoms with E-state index >= 15 is 0 Å². The van der Waals surface area contributed by atoms with Crippen LogP contribution in [0.4, 0.5) is 11.4 Å². The first-order chi connectivity index (χ1) is 9.66. The largest absolute Gasteiger partial charge is 0.384 e. The number of carbonyl (C=O) groups excluding carboxylic acids is 1. The van der Waals surface area contributed by atoms with E-state index in [0.29, 0.717) is 24.2 Å². The molecule has 2 aromatic rings. The molecule has 0 unspecified atom stereocenters. The van der Waals surface area contributed by atoms with Crippen LogP contribution >= 0.6 is 0 Å². The van der Waals surface area contributed by atoms with Gasteiger partial charge in [0.05, 0.1) is 4.92 Å². The zero-order valence-corrected chi connectivity index (χ0v) is 10.8. The van der Waals surface area contributed by atoms with Gasteiger partial charge in [0.2, 0.25) is 0 Å². The molecular weight excluding hydrogens is 256 g/mol. The number of anilines is 1. The van der Waals surface area contributed by atoms with Crippen molar-refractivity contribution in [3.63, 3.8) is 0 Å². The topological polar surface area (TPSA) is 72.2 Å². The standard InChI is InChI=1S/C15H14N2O3/c18-15(12-5-2-1-3-6-12)9-10-16-13-7-4-8-14(11-13)17(19)20/h1-8,11,16H,9-10H2. The number of nitro groups is 1. The van der Waals surface area contributed by atoms with Gasteiger partial charge in [-0.1, -0.05) is 36.4 Å². The van der Waals surface area contributed by atoms with Crippen LogP contribution in [-0.2, 0) is 0 Å². The number of non-ortho nitro benzene ring substituents is 1.